The third-order valence-electron chi connectivity index (χ3n) is 2.61. The van der Waals surface area contributed by atoms with Crippen LogP contribution in [0.2, 0.25) is 5.02 Å². The molecule has 0 aliphatic carbocycles. The van der Waals surface area contributed by atoms with E-state index in [-0.39, 0.29) is 0 Å². The molecule has 2 rings (SSSR count). The van der Waals surface area contributed by atoms with E-state index in [1.807, 2.05) is 19.1 Å². The van der Waals surface area contributed by atoms with Crippen molar-refractivity contribution >= 4 is 49.1 Å². The van der Waals surface area contributed by atoms with Gasteiger partial charge in [0.25, 0.3) is 0 Å². The first-order valence-electron chi connectivity index (χ1n) is 6.06. The van der Waals surface area contributed by atoms with E-state index in [2.05, 4.69) is 42.2 Å². The Kier molecular flexibility index (Phi) is 5.69. The lowest BCUT2D eigenvalue weighted by atomic mass is 10.2. The van der Waals surface area contributed by atoms with Gasteiger partial charge in [-0.2, -0.15) is 0 Å². The molecule has 0 unspecified atom stereocenters. The fourth-order valence-corrected chi connectivity index (χ4v) is 3.35. The van der Waals surface area contributed by atoms with Gasteiger partial charge in [-0.05, 0) is 41.1 Å². The summed E-state index contributed by atoms with van der Waals surface area (Å²) in [5.74, 6) is 0.836. The number of ether oxygens (including phenoxy) is 1. The standard InChI is InChI=1S/C14H13Br2ClN2O/c1-2-20-14-9(5-10(15)6-11(14)16)7-19-13-8-18-4-3-12(13)17/h3-6,8,19H,2,7H2,1H3. The van der Waals surface area contributed by atoms with Crippen molar-refractivity contribution in [2.24, 2.45) is 0 Å². The van der Waals surface area contributed by atoms with Crippen LogP contribution >= 0.6 is 43.5 Å². The number of hydrogen-bond acceptors (Lipinski definition) is 3. The number of pyridine rings is 1. The lowest BCUT2D eigenvalue weighted by Crippen LogP contribution is -2.04. The fraction of sp³-hybridized carbons (Fsp3) is 0.214. The first-order chi connectivity index (χ1) is 9.61. The lowest BCUT2D eigenvalue weighted by Gasteiger charge is -2.14. The van der Waals surface area contributed by atoms with Crippen molar-refractivity contribution in [1.29, 1.82) is 0 Å². The van der Waals surface area contributed by atoms with E-state index in [0.717, 1.165) is 25.9 Å². The van der Waals surface area contributed by atoms with Crippen molar-refractivity contribution in [3.63, 3.8) is 0 Å². The summed E-state index contributed by atoms with van der Waals surface area (Å²) in [5.41, 5.74) is 1.83. The van der Waals surface area contributed by atoms with E-state index in [4.69, 9.17) is 16.3 Å². The van der Waals surface area contributed by atoms with Gasteiger partial charge < -0.3 is 10.1 Å². The van der Waals surface area contributed by atoms with Gasteiger partial charge in [0.2, 0.25) is 0 Å². The molecule has 0 aliphatic heterocycles. The number of nitrogens with zero attached hydrogens (tertiary/aromatic N) is 1. The second-order valence-corrected chi connectivity index (χ2v) is 6.20. The summed E-state index contributed by atoms with van der Waals surface area (Å²) in [5, 5.41) is 3.91. The van der Waals surface area contributed by atoms with E-state index < -0.39 is 0 Å². The number of hydrogen-bond donors (Lipinski definition) is 1. The molecule has 1 aromatic carbocycles. The molecule has 20 heavy (non-hydrogen) atoms. The normalized spacial score (nSPS) is 10.4. The zero-order chi connectivity index (χ0) is 14.5. The second kappa shape index (κ2) is 7.29. The molecule has 0 saturated carbocycles. The summed E-state index contributed by atoms with van der Waals surface area (Å²) >= 11 is 13.1. The summed E-state index contributed by atoms with van der Waals surface area (Å²) in [6.45, 7) is 3.17. The molecule has 0 spiro atoms. The van der Waals surface area contributed by atoms with Crippen LogP contribution in [0.4, 0.5) is 5.69 Å². The summed E-state index contributed by atoms with van der Waals surface area (Å²) in [7, 11) is 0. The van der Waals surface area contributed by atoms with Crippen molar-refractivity contribution in [2.75, 3.05) is 11.9 Å². The molecule has 6 heteroatoms. The molecule has 1 N–H and O–H groups in total. The number of nitrogens with one attached hydrogen (secondary N) is 1. The molecule has 0 bridgehead atoms. The highest BCUT2D eigenvalue weighted by Crippen LogP contribution is 2.33. The highest BCUT2D eigenvalue weighted by Gasteiger charge is 2.10. The molecule has 0 radical (unpaired) electrons. The Hall–Kier alpha value is -0.780. The van der Waals surface area contributed by atoms with E-state index in [9.17, 15) is 0 Å². The van der Waals surface area contributed by atoms with Gasteiger partial charge in [0.1, 0.15) is 5.75 Å². The largest absolute Gasteiger partial charge is 0.492 e. The van der Waals surface area contributed by atoms with Crippen molar-refractivity contribution in [1.82, 2.24) is 4.98 Å². The Balaban J connectivity index is 2.22. The zero-order valence-corrected chi connectivity index (χ0v) is 14.7. The predicted octanol–water partition coefficient (Wildman–Crippen LogP) is 5.27. The lowest BCUT2D eigenvalue weighted by molar-refractivity contribution is 0.334. The Morgan fingerprint density at radius 2 is 2.15 bits per heavy atom. The monoisotopic (exact) mass is 418 g/mol. The van der Waals surface area contributed by atoms with Crippen LogP contribution in [0.25, 0.3) is 0 Å². The molecule has 1 aromatic heterocycles. The van der Waals surface area contributed by atoms with Crippen molar-refractivity contribution in [2.45, 2.75) is 13.5 Å². The van der Waals surface area contributed by atoms with Crippen LogP contribution < -0.4 is 10.1 Å². The number of rotatable bonds is 5. The smallest absolute Gasteiger partial charge is 0.138 e. The minimum atomic E-state index is 0.596. The summed E-state index contributed by atoms with van der Waals surface area (Å²) < 4.78 is 7.59. The number of benzene rings is 1. The second-order valence-electron chi connectivity index (χ2n) is 4.02. The molecule has 3 nitrogen and oxygen atoms in total. The van der Waals surface area contributed by atoms with E-state index >= 15 is 0 Å². The number of halogens is 3. The topological polar surface area (TPSA) is 34.1 Å². The summed E-state index contributed by atoms with van der Waals surface area (Å²) in [4.78, 5) is 4.05. The maximum absolute atomic E-state index is 6.10. The van der Waals surface area contributed by atoms with E-state index in [0.29, 0.717) is 18.2 Å². The number of aromatic nitrogens is 1. The van der Waals surface area contributed by atoms with Gasteiger partial charge in [-0.3, -0.25) is 4.98 Å². The minimum Gasteiger partial charge on any atom is -0.492 e. The molecule has 0 amide bonds. The maximum Gasteiger partial charge on any atom is 0.138 e. The Morgan fingerprint density at radius 1 is 1.35 bits per heavy atom. The van der Waals surface area contributed by atoms with Crippen LogP contribution in [-0.2, 0) is 6.54 Å². The van der Waals surface area contributed by atoms with Crippen molar-refractivity contribution < 1.29 is 4.74 Å². The third kappa shape index (κ3) is 3.87. The van der Waals surface area contributed by atoms with Gasteiger partial charge in [0.15, 0.2) is 0 Å². The van der Waals surface area contributed by atoms with Gasteiger partial charge in [0.05, 0.1) is 28.0 Å². The third-order valence-corrected chi connectivity index (χ3v) is 3.99. The summed E-state index contributed by atoms with van der Waals surface area (Å²) in [6.07, 6.45) is 3.37. The molecule has 0 fully saturated rings. The van der Waals surface area contributed by atoms with Gasteiger partial charge in [-0.15, -0.1) is 0 Å². The highest BCUT2D eigenvalue weighted by atomic mass is 79.9. The van der Waals surface area contributed by atoms with Crippen LogP contribution in [0.15, 0.2) is 39.5 Å². The maximum atomic E-state index is 6.10. The molecule has 106 valence electrons. The molecule has 0 aliphatic rings. The Labute approximate surface area is 140 Å². The fourth-order valence-electron chi connectivity index (χ4n) is 1.75. The van der Waals surface area contributed by atoms with Gasteiger partial charge in [-0.1, -0.05) is 27.5 Å². The molecular formula is C14H13Br2ClN2O. The van der Waals surface area contributed by atoms with Gasteiger partial charge in [0, 0.05) is 22.8 Å². The van der Waals surface area contributed by atoms with Gasteiger partial charge >= 0.3 is 0 Å². The average Bonchev–Trinajstić information content (AvgIpc) is 2.41. The quantitative estimate of drug-likeness (QED) is 0.715. The van der Waals surface area contributed by atoms with Crippen LogP contribution in [0.5, 0.6) is 5.75 Å². The number of anilines is 1. The molecule has 2 aromatic rings. The first-order valence-corrected chi connectivity index (χ1v) is 8.02. The minimum absolute atomic E-state index is 0.596. The van der Waals surface area contributed by atoms with Crippen molar-refractivity contribution in [3.05, 3.63) is 50.1 Å². The molecule has 0 saturated heterocycles. The zero-order valence-electron chi connectivity index (χ0n) is 10.8. The van der Waals surface area contributed by atoms with Crippen LogP contribution in [0.3, 0.4) is 0 Å². The average molecular weight is 421 g/mol. The molecule has 0 atom stereocenters. The predicted molar refractivity (Wildman–Crippen MR) is 89.6 cm³/mol. The van der Waals surface area contributed by atoms with Crippen LogP contribution in [-0.4, -0.2) is 11.6 Å². The van der Waals surface area contributed by atoms with Crippen molar-refractivity contribution in [3.8, 4) is 5.75 Å². The Bertz CT molecular complexity index is 608. The molecule has 1 heterocycles. The van der Waals surface area contributed by atoms with Crippen LogP contribution in [0, 0.1) is 0 Å². The molecular weight excluding hydrogens is 407 g/mol. The van der Waals surface area contributed by atoms with E-state index in [1.165, 1.54) is 0 Å². The van der Waals surface area contributed by atoms with Crippen LogP contribution in [0.1, 0.15) is 12.5 Å². The summed E-state index contributed by atoms with van der Waals surface area (Å²) in [6, 6.07) is 5.74. The Morgan fingerprint density at radius 3 is 2.85 bits per heavy atom. The van der Waals surface area contributed by atoms with E-state index in [1.54, 1.807) is 18.5 Å². The first kappa shape index (κ1) is 15.6. The van der Waals surface area contributed by atoms with Gasteiger partial charge in [-0.25, -0.2) is 0 Å². The SMILES string of the molecule is CCOc1c(Br)cc(Br)cc1CNc1cnccc1Cl. The highest BCUT2D eigenvalue weighted by molar-refractivity contribution is 9.11.